The average Bonchev–Trinajstić information content (AvgIpc) is 2.79. The SMILES string of the molecule is CC1C(O)=CCC2(C)C1CCC1C2CC[C@]2(C)C(=O)CCC12. The fourth-order valence-electron chi connectivity index (χ4n) is 7.10. The third kappa shape index (κ3) is 1.70. The molecule has 0 radical (unpaired) electrons. The maximum atomic E-state index is 12.4. The number of rotatable bonds is 0. The lowest BCUT2D eigenvalue weighted by molar-refractivity contribution is -0.138. The molecule has 0 aliphatic heterocycles. The lowest BCUT2D eigenvalue weighted by Gasteiger charge is -2.60. The van der Waals surface area contributed by atoms with Gasteiger partial charge < -0.3 is 5.11 Å². The molecule has 0 aromatic rings. The van der Waals surface area contributed by atoms with E-state index in [1.807, 2.05) is 0 Å². The van der Waals surface area contributed by atoms with Crippen LogP contribution in [0.3, 0.4) is 0 Å². The van der Waals surface area contributed by atoms with E-state index in [9.17, 15) is 9.90 Å². The molecule has 2 nitrogen and oxygen atoms in total. The van der Waals surface area contributed by atoms with Gasteiger partial charge in [-0.25, -0.2) is 0 Å². The highest BCUT2D eigenvalue weighted by atomic mass is 16.3. The molecule has 7 atom stereocenters. The largest absolute Gasteiger partial charge is 0.512 e. The number of fused-ring (bicyclic) bond motifs is 5. The quantitative estimate of drug-likeness (QED) is 0.691. The first-order valence-electron chi connectivity index (χ1n) is 9.30. The summed E-state index contributed by atoms with van der Waals surface area (Å²) in [5.41, 5.74) is 0.324. The molecule has 0 aromatic carbocycles. The molecular formula is C20H30O2. The van der Waals surface area contributed by atoms with E-state index in [4.69, 9.17) is 0 Å². The summed E-state index contributed by atoms with van der Waals surface area (Å²) in [7, 11) is 0. The summed E-state index contributed by atoms with van der Waals surface area (Å²) in [5.74, 6) is 4.23. The fraction of sp³-hybridized carbons (Fsp3) is 0.850. The predicted octanol–water partition coefficient (Wildman–Crippen LogP) is 4.90. The van der Waals surface area contributed by atoms with Crippen molar-refractivity contribution in [2.75, 3.05) is 0 Å². The molecule has 22 heavy (non-hydrogen) atoms. The van der Waals surface area contributed by atoms with E-state index >= 15 is 0 Å². The van der Waals surface area contributed by atoms with Crippen molar-refractivity contribution in [1.29, 1.82) is 0 Å². The Labute approximate surface area is 134 Å². The molecule has 6 unspecified atom stereocenters. The van der Waals surface area contributed by atoms with Gasteiger partial charge in [0.05, 0.1) is 5.76 Å². The van der Waals surface area contributed by atoms with Gasteiger partial charge in [-0.15, -0.1) is 0 Å². The van der Waals surface area contributed by atoms with Crippen LogP contribution in [0.1, 0.15) is 65.7 Å². The molecular weight excluding hydrogens is 272 g/mol. The average molecular weight is 302 g/mol. The van der Waals surface area contributed by atoms with Crippen molar-refractivity contribution in [3.05, 3.63) is 11.8 Å². The Kier molecular flexibility index (Phi) is 3.10. The molecule has 2 heteroatoms. The van der Waals surface area contributed by atoms with Crippen molar-refractivity contribution >= 4 is 5.78 Å². The van der Waals surface area contributed by atoms with E-state index in [-0.39, 0.29) is 5.41 Å². The van der Waals surface area contributed by atoms with E-state index in [1.54, 1.807) is 0 Å². The number of ketones is 1. The predicted molar refractivity (Wildman–Crippen MR) is 87.4 cm³/mol. The number of carbonyl (C=O) groups excluding carboxylic acids is 1. The Hall–Kier alpha value is -0.790. The normalized spacial score (nSPS) is 54.2. The van der Waals surface area contributed by atoms with E-state index in [0.717, 1.165) is 37.5 Å². The van der Waals surface area contributed by atoms with E-state index in [1.165, 1.54) is 19.3 Å². The second kappa shape index (κ2) is 4.61. The highest BCUT2D eigenvalue weighted by Gasteiger charge is 2.60. The van der Waals surface area contributed by atoms with Gasteiger partial charge in [-0.2, -0.15) is 0 Å². The molecule has 4 aliphatic rings. The minimum Gasteiger partial charge on any atom is -0.512 e. The van der Waals surface area contributed by atoms with Crippen LogP contribution in [0.5, 0.6) is 0 Å². The number of aliphatic hydroxyl groups excluding tert-OH is 1. The fourth-order valence-corrected chi connectivity index (χ4v) is 7.10. The maximum absolute atomic E-state index is 12.4. The van der Waals surface area contributed by atoms with Crippen LogP contribution in [-0.2, 0) is 4.79 Å². The van der Waals surface area contributed by atoms with Crippen LogP contribution in [0.2, 0.25) is 0 Å². The van der Waals surface area contributed by atoms with Crippen molar-refractivity contribution in [3.63, 3.8) is 0 Å². The van der Waals surface area contributed by atoms with Crippen LogP contribution in [0.15, 0.2) is 11.8 Å². The Morgan fingerprint density at radius 1 is 1.09 bits per heavy atom. The molecule has 3 fully saturated rings. The van der Waals surface area contributed by atoms with Crippen LogP contribution in [0.4, 0.5) is 0 Å². The first-order chi connectivity index (χ1) is 10.4. The highest BCUT2D eigenvalue weighted by molar-refractivity contribution is 5.87. The Morgan fingerprint density at radius 2 is 1.86 bits per heavy atom. The molecule has 0 heterocycles. The van der Waals surface area contributed by atoms with Gasteiger partial charge in [0.25, 0.3) is 0 Å². The van der Waals surface area contributed by atoms with E-state index < -0.39 is 0 Å². The Morgan fingerprint density at radius 3 is 2.64 bits per heavy atom. The van der Waals surface area contributed by atoms with Gasteiger partial charge in [-0.1, -0.05) is 20.8 Å². The van der Waals surface area contributed by atoms with Gasteiger partial charge in [0.1, 0.15) is 5.78 Å². The lowest BCUT2D eigenvalue weighted by atomic mass is 9.45. The molecule has 3 saturated carbocycles. The van der Waals surface area contributed by atoms with Crippen LogP contribution < -0.4 is 0 Å². The summed E-state index contributed by atoms with van der Waals surface area (Å²) >= 11 is 0. The number of allylic oxidation sites excluding steroid dienone is 2. The van der Waals surface area contributed by atoms with Crippen LogP contribution >= 0.6 is 0 Å². The van der Waals surface area contributed by atoms with Crippen molar-refractivity contribution in [2.24, 2.45) is 40.4 Å². The molecule has 1 N–H and O–H groups in total. The number of carbonyl (C=O) groups is 1. The first kappa shape index (κ1) is 14.8. The zero-order chi connectivity index (χ0) is 15.7. The van der Waals surface area contributed by atoms with Crippen LogP contribution in [0.25, 0.3) is 0 Å². The zero-order valence-corrected chi connectivity index (χ0v) is 14.3. The summed E-state index contributed by atoms with van der Waals surface area (Å²) in [6.07, 6.45) is 9.91. The van der Waals surface area contributed by atoms with Gasteiger partial charge >= 0.3 is 0 Å². The summed E-state index contributed by atoms with van der Waals surface area (Å²) in [6.45, 7) is 6.94. The van der Waals surface area contributed by atoms with Crippen molar-refractivity contribution in [1.82, 2.24) is 0 Å². The smallest absolute Gasteiger partial charge is 0.139 e. The van der Waals surface area contributed by atoms with E-state index in [2.05, 4.69) is 26.8 Å². The number of hydrogen-bond donors (Lipinski definition) is 1. The maximum Gasteiger partial charge on any atom is 0.139 e. The van der Waals surface area contributed by atoms with Gasteiger partial charge in [0.2, 0.25) is 0 Å². The zero-order valence-electron chi connectivity index (χ0n) is 14.3. The van der Waals surface area contributed by atoms with Gasteiger partial charge in [-0.3, -0.25) is 4.79 Å². The summed E-state index contributed by atoms with van der Waals surface area (Å²) in [5, 5.41) is 10.2. The monoisotopic (exact) mass is 302 g/mol. The minimum absolute atomic E-state index is 0.0113. The summed E-state index contributed by atoms with van der Waals surface area (Å²) < 4.78 is 0. The molecule has 0 spiro atoms. The number of hydrogen-bond acceptors (Lipinski definition) is 2. The Balaban J connectivity index is 1.68. The first-order valence-corrected chi connectivity index (χ1v) is 9.30. The molecule has 4 rings (SSSR count). The Bertz CT molecular complexity index is 536. The van der Waals surface area contributed by atoms with Crippen LogP contribution in [-0.4, -0.2) is 10.9 Å². The number of aliphatic hydroxyl groups is 1. The second-order valence-electron chi connectivity index (χ2n) is 9.11. The van der Waals surface area contributed by atoms with Crippen molar-refractivity contribution < 1.29 is 9.90 Å². The highest BCUT2D eigenvalue weighted by Crippen LogP contribution is 2.65. The number of Topliss-reactive ketones (excluding diaryl/α,β-unsaturated/α-hetero) is 1. The van der Waals surface area contributed by atoms with Crippen molar-refractivity contribution in [3.8, 4) is 0 Å². The molecule has 0 bridgehead atoms. The van der Waals surface area contributed by atoms with Crippen LogP contribution in [0, 0.1) is 40.4 Å². The topological polar surface area (TPSA) is 37.3 Å². The lowest BCUT2D eigenvalue weighted by Crippen LogP contribution is -2.54. The standard InChI is InChI=1S/C20H30O2/c1-12-14-5-4-13-15-6-7-18(22)20(15,3)10-8-16(13)19(14,2)11-9-17(12)21/h9,12-16,21H,4-8,10-11H2,1-3H3/t12?,13?,14?,15?,16?,19?,20-/m0/s1. The van der Waals surface area contributed by atoms with Gasteiger partial charge in [0, 0.05) is 17.8 Å². The third-order valence-corrected chi connectivity index (χ3v) is 8.47. The molecule has 0 amide bonds. The van der Waals surface area contributed by atoms with Gasteiger partial charge in [-0.05, 0) is 73.7 Å². The summed E-state index contributed by atoms with van der Waals surface area (Å²) in [6, 6.07) is 0. The van der Waals surface area contributed by atoms with Gasteiger partial charge in [0.15, 0.2) is 0 Å². The summed E-state index contributed by atoms with van der Waals surface area (Å²) in [4.78, 5) is 12.4. The molecule has 0 aromatic heterocycles. The van der Waals surface area contributed by atoms with Crippen molar-refractivity contribution in [2.45, 2.75) is 65.7 Å². The molecule has 122 valence electrons. The van der Waals surface area contributed by atoms with E-state index in [0.29, 0.717) is 34.7 Å². The molecule has 0 saturated heterocycles. The minimum atomic E-state index is -0.0113. The second-order valence-corrected chi connectivity index (χ2v) is 9.11. The molecule has 4 aliphatic carbocycles. The third-order valence-electron chi connectivity index (χ3n) is 8.47.